The van der Waals surface area contributed by atoms with Crippen molar-refractivity contribution in [3.8, 4) is 23.2 Å². The number of benzene rings is 2. The van der Waals surface area contributed by atoms with Gasteiger partial charge in [0.25, 0.3) is 5.91 Å². The van der Waals surface area contributed by atoms with Crippen LogP contribution in [-0.4, -0.2) is 112 Å². The minimum atomic E-state index is -3.38. The molecule has 3 fully saturated rings. The molecule has 0 spiro atoms. The van der Waals surface area contributed by atoms with Gasteiger partial charge < -0.3 is 29.7 Å². The van der Waals surface area contributed by atoms with E-state index in [9.17, 15) is 23.9 Å². The highest BCUT2D eigenvalue weighted by molar-refractivity contribution is 5.80. The molecule has 3 aliphatic rings. The molecule has 46 heavy (non-hydrogen) atoms. The number of nitrogens with one attached hydrogen (secondary N) is 1. The number of aliphatic hydroxyl groups excluding tert-OH is 1. The number of halogens is 2. The first-order valence-corrected chi connectivity index (χ1v) is 15.3. The lowest BCUT2D eigenvalue weighted by Gasteiger charge is -2.47. The van der Waals surface area contributed by atoms with Crippen LogP contribution in [-0.2, 0) is 9.53 Å². The van der Waals surface area contributed by atoms with Crippen molar-refractivity contribution < 1.29 is 28.2 Å². The number of anilines is 3. The Hall–Kier alpha value is -4.45. The monoisotopic (exact) mass is 634 g/mol. The molecule has 242 valence electrons. The van der Waals surface area contributed by atoms with Gasteiger partial charge in [0.2, 0.25) is 5.95 Å². The van der Waals surface area contributed by atoms with Gasteiger partial charge >= 0.3 is 5.92 Å². The number of alkyl halides is 2. The third-order valence-corrected chi connectivity index (χ3v) is 8.66. The lowest BCUT2D eigenvalue weighted by molar-refractivity contribution is -0.165. The van der Waals surface area contributed by atoms with Crippen molar-refractivity contribution in [1.82, 2.24) is 24.8 Å². The summed E-state index contributed by atoms with van der Waals surface area (Å²) in [4.78, 5) is 30.8. The van der Waals surface area contributed by atoms with Crippen LogP contribution in [0.4, 0.5) is 26.1 Å². The molecule has 3 atom stereocenters. The maximum absolute atomic E-state index is 14.9. The second-order valence-corrected chi connectivity index (χ2v) is 11.9. The molecule has 2 N–H and O–H groups in total. The summed E-state index contributed by atoms with van der Waals surface area (Å²) in [6, 6.07) is 15.6. The standard InChI is InChI=1S/C32H36F2N8O4/c1-20-15-40(11-12-42(20)26-16-45-17-26)25-6-4-24(5-7-25)38-31-37-19-36-29(39-31)22-3-8-27(23(13-22)14-35)46-28-9-10-41(18-32(28,33)34)30(44)21(2)43/h3-8,13,19-21,26,28,43H,9-12,15-18H2,1-2H3,(H,36,37,38,39)/t20-,21?,28-/m0/s1. The van der Waals surface area contributed by atoms with Gasteiger partial charge in [-0.25, -0.2) is 18.7 Å². The van der Waals surface area contributed by atoms with Crippen LogP contribution in [0.3, 0.4) is 0 Å². The number of aromatic nitrogens is 3. The third-order valence-electron chi connectivity index (χ3n) is 8.66. The Morgan fingerprint density at radius 1 is 1.17 bits per heavy atom. The van der Waals surface area contributed by atoms with Crippen LogP contribution in [0.15, 0.2) is 48.8 Å². The van der Waals surface area contributed by atoms with Crippen molar-refractivity contribution in [3.63, 3.8) is 0 Å². The fourth-order valence-electron chi connectivity index (χ4n) is 6.07. The number of nitrogens with zero attached hydrogens (tertiary/aromatic N) is 7. The number of hydrogen-bond donors (Lipinski definition) is 2. The molecule has 6 rings (SSSR count). The fraction of sp³-hybridized carbons (Fsp3) is 0.469. The van der Waals surface area contributed by atoms with Gasteiger partial charge in [-0.15, -0.1) is 0 Å². The van der Waals surface area contributed by atoms with Crippen LogP contribution in [0.2, 0.25) is 0 Å². The number of rotatable bonds is 8. The smallest absolute Gasteiger partial charge is 0.301 e. The molecule has 0 bridgehead atoms. The molecule has 3 aromatic rings. The highest BCUT2D eigenvalue weighted by Crippen LogP contribution is 2.34. The Morgan fingerprint density at radius 2 is 1.96 bits per heavy atom. The highest BCUT2D eigenvalue weighted by Gasteiger charge is 2.48. The lowest BCUT2D eigenvalue weighted by atomic mass is 10.0. The Kier molecular flexibility index (Phi) is 8.99. The fourth-order valence-corrected chi connectivity index (χ4v) is 6.07. The van der Waals surface area contributed by atoms with Gasteiger partial charge in [0, 0.05) is 55.6 Å². The summed E-state index contributed by atoms with van der Waals surface area (Å²) < 4.78 is 40.8. The zero-order valence-corrected chi connectivity index (χ0v) is 25.6. The molecule has 1 aromatic heterocycles. The molecule has 0 aliphatic carbocycles. The minimum absolute atomic E-state index is 0.0000902. The Bertz CT molecular complexity index is 1600. The molecule has 3 saturated heterocycles. The number of piperidine rings is 1. The van der Waals surface area contributed by atoms with Crippen LogP contribution < -0.4 is 15.0 Å². The zero-order chi connectivity index (χ0) is 32.4. The van der Waals surface area contributed by atoms with Gasteiger partial charge in [0.15, 0.2) is 11.9 Å². The molecule has 14 heteroatoms. The number of nitriles is 1. The number of carbonyl (C=O) groups is 1. The van der Waals surface area contributed by atoms with Crippen molar-refractivity contribution in [2.45, 2.75) is 50.5 Å². The molecule has 2 aromatic carbocycles. The average Bonchev–Trinajstić information content (AvgIpc) is 3.02. The van der Waals surface area contributed by atoms with Gasteiger partial charge in [-0.1, -0.05) is 0 Å². The zero-order valence-electron chi connectivity index (χ0n) is 25.6. The predicted octanol–water partition coefficient (Wildman–Crippen LogP) is 3.06. The SMILES string of the molecule is CC(O)C(=O)N1CC[C@H](Oc2ccc(-c3ncnc(Nc4ccc(N5CCN(C6COC6)[C@@H](C)C5)cc4)n3)cc2C#N)C(F)(F)C1. The first kappa shape index (κ1) is 31.5. The Morgan fingerprint density at radius 3 is 2.61 bits per heavy atom. The summed E-state index contributed by atoms with van der Waals surface area (Å²) in [5.74, 6) is -3.55. The van der Waals surface area contributed by atoms with Crippen LogP contribution in [0, 0.1) is 11.3 Å². The molecule has 0 radical (unpaired) electrons. The van der Waals surface area contributed by atoms with Crippen LogP contribution in [0.5, 0.6) is 5.75 Å². The average molecular weight is 635 g/mol. The summed E-state index contributed by atoms with van der Waals surface area (Å²) in [7, 11) is 0. The minimum Gasteiger partial charge on any atom is -0.483 e. The van der Waals surface area contributed by atoms with Gasteiger partial charge in [-0.2, -0.15) is 10.2 Å². The van der Waals surface area contributed by atoms with Crippen LogP contribution in [0.25, 0.3) is 11.4 Å². The summed E-state index contributed by atoms with van der Waals surface area (Å²) in [5, 5.41) is 22.5. The number of amides is 1. The molecule has 1 amide bonds. The maximum Gasteiger partial charge on any atom is 0.301 e. The first-order chi connectivity index (χ1) is 22.1. The summed E-state index contributed by atoms with van der Waals surface area (Å²) >= 11 is 0. The number of hydrogen-bond acceptors (Lipinski definition) is 11. The Labute approximate surface area is 265 Å². The van der Waals surface area contributed by atoms with E-state index in [-0.39, 0.29) is 30.1 Å². The van der Waals surface area contributed by atoms with Gasteiger partial charge in [0.1, 0.15) is 24.3 Å². The third kappa shape index (κ3) is 6.72. The number of aliphatic hydroxyl groups is 1. The number of carbonyl (C=O) groups excluding carboxylic acids is 1. The normalized spacial score (nSPS) is 22.4. The topological polar surface area (TPSA) is 140 Å². The van der Waals surface area contributed by atoms with E-state index in [0.29, 0.717) is 23.6 Å². The van der Waals surface area contributed by atoms with Crippen molar-refractivity contribution in [2.24, 2.45) is 0 Å². The van der Waals surface area contributed by atoms with Crippen LogP contribution in [0.1, 0.15) is 25.8 Å². The van der Waals surface area contributed by atoms with E-state index in [1.807, 2.05) is 18.2 Å². The second-order valence-electron chi connectivity index (χ2n) is 11.9. The summed E-state index contributed by atoms with van der Waals surface area (Å²) in [6.45, 7) is 7.16. The number of ether oxygens (including phenoxy) is 2. The van der Waals surface area contributed by atoms with Gasteiger partial charge in [-0.3, -0.25) is 9.69 Å². The molecular formula is C32H36F2N8O4. The maximum atomic E-state index is 14.9. The Balaban J connectivity index is 1.09. The molecular weight excluding hydrogens is 598 g/mol. The van der Waals surface area contributed by atoms with Crippen molar-refractivity contribution >= 4 is 23.2 Å². The van der Waals surface area contributed by atoms with E-state index in [0.717, 1.165) is 49.1 Å². The van der Waals surface area contributed by atoms with E-state index < -0.39 is 30.6 Å². The van der Waals surface area contributed by atoms with Crippen molar-refractivity contribution in [1.29, 1.82) is 5.26 Å². The van der Waals surface area contributed by atoms with Crippen molar-refractivity contribution in [2.75, 3.05) is 56.2 Å². The quantitative estimate of drug-likeness (QED) is 0.378. The number of likely N-dealkylation sites (tertiary alicyclic amines) is 1. The molecule has 0 saturated carbocycles. The van der Waals surface area contributed by atoms with Crippen LogP contribution >= 0.6 is 0 Å². The van der Waals surface area contributed by atoms with E-state index in [1.54, 1.807) is 6.07 Å². The van der Waals surface area contributed by atoms with Crippen molar-refractivity contribution in [3.05, 3.63) is 54.4 Å². The molecule has 12 nitrogen and oxygen atoms in total. The van der Waals surface area contributed by atoms with E-state index in [1.165, 1.54) is 25.4 Å². The molecule has 4 heterocycles. The van der Waals surface area contributed by atoms with Gasteiger partial charge in [-0.05, 0) is 56.3 Å². The lowest BCUT2D eigenvalue weighted by Crippen LogP contribution is -2.60. The van der Waals surface area contributed by atoms with Gasteiger partial charge in [0.05, 0.1) is 31.4 Å². The van der Waals surface area contributed by atoms with E-state index in [4.69, 9.17) is 9.47 Å². The van der Waals surface area contributed by atoms with E-state index >= 15 is 0 Å². The second kappa shape index (κ2) is 13.1. The number of piperazine rings is 1. The van der Waals surface area contributed by atoms with E-state index in [2.05, 4.69) is 49.1 Å². The summed E-state index contributed by atoms with van der Waals surface area (Å²) in [5.41, 5.74) is 2.46. The highest BCUT2D eigenvalue weighted by atomic mass is 19.3. The predicted molar refractivity (Wildman–Crippen MR) is 165 cm³/mol. The largest absolute Gasteiger partial charge is 0.483 e. The first-order valence-electron chi connectivity index (χ1n) is 15.3. The molecule has 1 unspecified atom stereocenters. The summed E-state index contributed by atoms with van der Waals surface area (Å²) in [6.07, 6.45) is -1.72. The molecule has 3 aliphatic heterocycles.